The van der Waals surface area contributed by atoms with Crippen LogP contribution in [0.1, 0.15) is 97.8 Å². The number of rotatable bonds is 10. The highest BCUT2D eigenvalue weighted by atomic mass is 16.4. The molecular weight excluding hydrogens is 496 g/mol. The van der Waals surface area contributed by atoms with Crippen molar-refractivity contribution in [3.8, 4) is 0 Å². The van der Waals surface area contributed by atoms with Gasteiger partial charge in [-0.2, -0.15) is 0 Å². The lowest BCUT2D eigenvalue weighted by Gasteiger charge is -2.60. The first kappa shape index (κ1) is 29.8. The Morgan fingerprint density at radius 3 is 2.46 bits per heavy atom. The summed E-state index contributed by atoms with van der Waals surface area (Å²) in [6.07, 6.45) is 9.11. The fourth-order valence-electron chi connectivity index (χ4n) is 9.47. The summed E-state index contributed by atoms with van der Waals surface area (Å²) in [5.41, 5.74) is 10.9. The quantitative estimate of drug-likeness (QED) is 0.159. The Balaban J connectivity index is 1.34. The number of carbonyl (C=O) groups is 3. The van der Waals surface area contributed by atoms with Crippen LogP contribution < -0.4 is 16.8 Å². The number of guanidine groups is 1. The van der Waals surface area contributed by atoms with Gasteiger partial charge < -0.3 is 27.0 Å². The molecule has 9 heteroatoms. The van der Waals surface area contributed by atoms with Crippen molar-refractivity contribution in [1.82, 2.24) is 5.32 Å². The molecule has 1 amide bonds. The first-order valence-electron chi connectivity index (χ1n) is 15.1. The number of carboxylic acids is 1. The number of carboxylic acid groups (broad SMARTS) is 1. The van der Waals surface area contributed by atoms with Crippen molar-refractivity contribution in [1.29, 1.82) is 0 Å². The number of ketones is 1. The van der Waals surface area contributed by atoms with E-state index in [1.54, 1.807) is 0 Å². The van der Waals surface area contributed by atoms with Crippen molar-refractivity contribution in [3.63, 3.8) is 0 Å². The molecule has 0 spiro atoms. The molecular formula is C30H50N4O5. The maximum Gasteiger partial charge on any atom is 0.326 e. The van der Waals surface area contributed by atoms with Gasteiger partial charge in [0.2, 0.25) is 5.91 Å². The summed E-state index contributed by atoms with van der Waals surface area (Å²) in [5, 5.41) is 22.5. The van der Waals surface area contributed by atoms with Crippen LogP contribution in [0.15, 0.2) is 4.99 Å². The monoisotopic (exact) mass is 546 g/mol. The van der Waals surface area contributed by atoms with E-state index in [4.69, 9.17) is 11.5 Å². The third-order valence-corrected chi connectivity index (χ3v) is 11.6. The lowest BCUT2D eigenvalue weighted by atomic mass is 9.44. The Labute approximate surface area is 232 Å². The zero-order chi connectivity index (χ0) is 28.5. The summed E-state index contributed by atoms with van der Waals surface area (Å²) in [4.78, 5) is 41.8. The number of aliphatic carboxylic acids is 1. The van der Waals surface area contributed by atoms with Crippen LogP contribution in [0.3, 0.4) is 0 Å². The number of aliphatic hydroxyl groups is 1. The van der Waals surface area contributed by atoms with Crippen molar-refractivity contribution >= 4 is 23.6 Å². The minimum absolute atomic E-state index is 0.0312. The van der Waals surface area contributed by atoms with Crippen LogP contribution in [0, 0.1) is 46.3 Å². The number of hydrogen-bond donors (Lipinski definition) is 5. The van der Waals surface area contributed by atoms with Gasteiger partial charge in [-0.15, -0.1) is 0 Å². The SMILES string of the molecule is C[C@H](CCC(=O)N[C@@H](CCCN=C(N)N)C(=O)O)[C@H]1CC[C@H]2[C@@H]3C(=O)C[C@@H]4C[C@H](O)CC[C@]4(C)[C@H]3CC[C@]12C. The highest BCUT2D eigenvalue weighted by Crippen LogP contribution is 2.67. The molecule has 9 nitrogen and oxygen atoms in total. The first-order valence-corrected chi connectivity index (χ1v) is 15.1. The normalized spacial score (nSPS) is 39.0. The van der Waals surface area contributed by atoms with Crippen LogP contribution >= 0.6 is 0 Å². The summed E-state index contributed by atoms with van der Waals surface area (Å²) in [6.45, 7) is 7.34. The molecule has 0 unspecified atom stereocenters. The number of nitrogens with two attached hydrogens (primary N) is 2. The van der Waals surface area contributed by atoms with Crippen LogP contribution in [0.4, 0.5) is 0 Å². The smallest absolute Gasteiger partial charge is 0.326 e. The van der Waals surface area contributed by atoms with E-state index in [0.717, 1.165) is 44.9 Å². The van der Waals surface area contributed by atoms with Gasteiger partial charge in [0.05, 0.1) is 6.10 Å². The topological polar surface area (TPSA) is 168 Å². The number of fused-ring (bicyclic) bond motifs is 5. The summed E-state index contributed by atoms with van der Waals surface area (Å²) < 4.78 is 0. The minimum atomic E-state index is -1.05. The van der Waals surface area contributed by atoms with Crippen molar-refractivity contribution in [2.45, 2.75) is 110 Å². The maximum atomic E-state index is 13.6. The molecule has 0 heterocycles. The van der Waals surface area contributed by atoms with E-state index in [1.165, 1.54) is 0 Å². The Morgan fingerprint density at radius 2 is 1.77 bits per heavy atom. The maximum absolute atomic E-state index is 13.6. The fourth-order valence-corrected chi connectivity index (χ4v) is 9.47. The van der Waals surface area contributed by atoms with Gasteiger partial charge in [-0.3, -0.25) is 14.6 Å². The zero-order valence-corrected chi connectivity index (χ0v) is 24.0. The second-order valence-electron chi connectivity index (χ2n) is 13.7. The van der Waals surface area contributed by atoms with Gasteiger partial charge in [-0.05, 0) is 105 Å². The third kappa shape index (κ3) is 5.98. The molecule has 39 heavy (non-hydrogen) atoms. The summed E-state index contributed by atoms with van der Waals surface area (Å²) >= 11 is 0. The van der Waals surface area contributed by atoms with E-state index >= 15 is 0 Å². The Morgan fingerprint density at radius 1 is 1.08 bits per heavy atom. The predicted molar refractivity (Wildman–Crippen MR) is 149 cm³/mol. The predicted octanol–water partition coefficient (Wildman–Crippen LogP) is 3.22. The number of Topliss-reactive ketones (excluding diaryl/α,β-unsaturated/α-hetero) is 1. The van der Waals surface area contributed by atoms with Crippen LogP contribution in [-0.4, -0.2) is 52.5 Å². The average molecular weight is 547 g/mol. The number of carbonyl (C=O) groups excluding carboxylic acids is 2. The second-order valence-corrected chi connectivity index (χ2v) is 13.7. The average Bonchev–Trinajstić information content (AvgIpc) is 3.22. The van der Waals surface area contributed by atoms with Gasteiger partial charge in [0.25, 0.3) is 0 Å². The molecule has 0 aliphatic heterocycles. The summed E-state index contributed by atoms with van der Waals surface area (Å²) in [6, 6.07) is -0.950. The van der Waals surface area contributed by atoms with E-state index < -0.39 is 12.0 Å². The molecule has 0 aromatic rings. The van der Waals surface area contributed by atoms with Gasteiger partial charge in [-0.1, -0.05) is 20.8 Å². The van der Waals surface area contributed by atoms with E-state index in [0.29, 0.717) is 67.6 Å². The minimum Gasteiger partial charge on any atom is -0.480 e. The number of hydrogen-bond acceptors (Lipinski definition) is 5. The molecule has 4 saturated carbocycles. The Hall–Kier alpha value is -2.16. The van der Waals surface area contributed by atoms with Crippen LogP contribution in [0.2, 0.25) is 0 Å². The fraction of sp³-hybridized carbons (Fsp3) is 0.867. The number of nitrogens with one attached hydrogen (secondary N) is 1. The van der Waals surface area contributed by atoms with Crippen molar-refractivity contribution in [2.24, 2.45) is 62.8 Å². The van der Waals surface area contributed by atoms with Crippen molar-refractivity contribution < 1.29 is 24.6 Å². The highest BCUT2D eigenvalue weighted by Gasteiger charge is 2.63. The van der Waals surface area contributed by atoms with Gasteiger partial charge >= 0.3 is 5.97 Å². The van der Waals surface area contributed by atoms with E-state index in [1.807, 2.05) is 0 Å². The Kier molecular flexibility index (Phi) is 8.98. The third-order valence-electron chi connectivity index (χ3n) is 11.6. The van der Waals surface area contributed by atoms with Crippen LogP contribution in [-0.2, 0) is 14.4 Å². The molecule has 4 aliphatic carbocycles. The highest BCUT2D eigenvalue weighted by molar-refractivity contribution is 5.84. The molecule has 220 valence electrons. The standard InChI is InChI=1S/C30H50N4O5/c1-17(6-9-25(37)34-23(27(38)39)5-4-14-33-28(31)32)20-7-8-21-26-22(11-13-30(20,21)3)29(2)12-10-19(35)15-18(29)16-24(26)36/h17-23,26,35H,4-16H2,1-3H3,(H,34,37)(H,38,39)(H4,31,32,33)/t17-,18+,19-,20-,21+,22+,23+,26+,29+,30-/m1/s1. The molecule has 0 bridgehead atoms. The van der Waals surface area contributed by atoms with Gasteiger partial charge in [0, 0.05) is 25.3 Å². The number of aliphatic hydroxyl groups excluding tert-OH is 1. The van der Waals surface area contributed by atoms with Gasteiger partial charge in [0.15, 0.2) is 5.96 Å². The van der Waals surface area contributed by atoms with E-state index in [2.05, 4.69) is 31.1 Å². The molecule has 10 atom stereocenters. The lowest BCUT2D eigenvalue weighted by Crippen LogP contribution is -2.57. The molecule has 0 radical (unpaired) electrons. The molecule has 4 fully saturated rings. The van der Waals surface area contributed by atoms with Gasteiger partial charge in [0.1, 0.15) is 11.8 Å². The number of aliphatic imine (C=N–C) groups is 1. The second kappa shape index (κ2) is 11.8. The van der Waals surface area contributed by atoms with Crippen molar-refractivity contribution in [2.75, 3.05) is 6.54 Å². The van der Waals surface area contributed by atoms with Gasteiger partial charge in [-0.25, -0.2) is 4.79 Å². The van der Waals surface area contributed by atoms with Crippen molar-refractivity contribution in [3.05, 3.63) is 0 Å². The summed E-state index contributed by atoms with van der Waals surface area (Å²) in [5.74, 6) is 1.16. The molecule has 0 saturated heterocycles. The van der Waals surface area contributed by atoms with E-state index in [9.17, 15) is 24.6 Å². The summed E-state index contributed by atoms with van der Waals surface area (Å²) in [7, 11) is 0. The molecule has 0 aromatic heterocycles. The number of nitrogens with zero attached hydrogens (tertiary/aromatic N) is 1. The Bertz CT molecular complexity index is 967. The lowest BCUT2D eigenvalue weighted by molar-refractivity contribution is -0.160. The first-order chi connectivity index (χ1) is 18.4. The largest absolute Gasteiger partial charge is 0.480 e. The molecule has 4 rings (SSSR count). The molecule has 4 aliphatic rings. The molecule has 0 aromatic carbocycles. The molecule has 7 N–H and O–H groups in total. The van der Waals surface area contributed by atoms with Crippen LogP contribution in [0.25, 0.3) is 0 Å². The number of amides is 1. The van der Waals surface area contributed by atoms with E-state index in [-0.39, 0.29) is 41.1 Å². The van der Waals surface area contributed by atoms with Crippen LogP contribution in [0.5, 0.6) is 0 Å². The zero-order valence-electron chi connectivity index (χ0n) is 24.0.